The number of hydrogen-bond donors (Lipinski definition) is 3. The fourth-order valence-corrected chi connectivity index (χ4v) is 1.38. The maximum atomic E-state index is 11.6. The molecular formula is C14H20N2O3. The van der Waals surface area contributed by atoms with Gasteiger partial charge < -0.3 is 15.6 Å². The number of anilines is 1. The highest BCUT2D eigenvalue weighted by Crippen LogP contribution is 2.25. The molecule has 0 atom stereocenters. The predicted molar refractivity (Wildman–Crippen MR) is 76.1 cm³/mol. The Labute approximate surface area is 113 Å². The Balaban J connectivity index is 2.82. The molecule has 0 saturated carbocycles. The number of hydrogen-bond acceptors (Lipinski definition) is 4. The second-order valence-electron chi connectivity index (χ2n) is 5.04. The van der Waals surface area contributed by atoms with Gasteiger partial charge in [0.1, 0.15) is 11.4 Å². The molecule has 0 fully saturated rings. The predicted octanol–water partition coefficient (Wildman–Crippen LogP) is 2.71. The average Bonchev–Trinajstić information content (AvgIpc) is 2.27. The van der Waals surface area contributed by atoms with Gasteiger partial charge >= 0.3 is 6.09 Å². The highest BCUT2D eigenvalue weighted by atomic mass is 16.6. The number of benzene rings is 1. The fourth-order valence-electron chi connectivity index (χ4n) is 1.38. The molecule has 0 heterocycles. The van der Waals surface area contributed by atoms with E-state index < -0.39 is 11.7 Å². The normalized spacial score (nSPS) is 11.6. The second-order valence-corrected chi connectivity index (χ2v) is 5.04. The van der Waals surface area contributed by atoms with E-state index in [-0.39, 0.29) is 5.75 Å². The zero-order chi connectivity index (χ0) is 14.5. The maximum absolute atomic E-state index is 11.6. The van der Waals surface area contributed by atoms with Crippen molar-refractivity contribution in [3.63, 3.8) is 0 Å². The van der Waals surface area contributed by atoms with Crippen molar-refractivity contribution in [2.75, 3.05) is 11.9 Å². The van der Waals surface area contributed by atoms with Gasteiger partial charge in [-0.25, -0.2) is 4.79 Å². The van der Waals surface area contributed by atoms with E-state index in [1.165, 1.54) is 6.07 Å². The number of nitrogens with one attached hydrogen (secondary N) is 1. The van der Waals surface area contributed by atoms with Crippen LogP contribution in [-0.4, -0.2) is 23.3 Å². The SMILES string of the molecule is CC(C)(C)OC(=O)Nc1cc(/C=C/CN)ccc1O. The van der Waals surface area contributed by atoms with Crippen LogP contribution in [0.2, 0.25) is 0 Å². The highest BCUT2D eigenvalue weighted by molar-refractivity contribution is 5.87. The molecule has 1 aromatic carbocycles. The van der Waals surface area contributed by atoms with E-state index in [0.717, 1.165) is 5.56 Å². The van der Waals surface area contributed by atoms with Crippen molar-refractivity contribution < 1.29 is 14.6 Å². The van der Waals surface area contributed by atoms with Crippen molar-refractivity contribution in [3.8, 4) is 5.75 Å². The summed E-state index contributed by atoms with van der Waals surface area (Å²) in [6, 6.07) is 4.87. The lowest BCUT2D eigenvalue weighted by Gasteiger charge is -2.20. The van der Waals surface area contributed by atoms with Crippen LogP contribution < -0.4 is 11.1 Å². The molecule has 0 aromatic heterocycles. The van der Waals surface area contributed by atoms with E-state index in [9.17, 15) is 9.90 Å². The van der Waals surface area contributed by atoms with E-state index in [2.05, 4.69) is 5.32 Å². The summed E-state index contributed by atoms with van der Waals surface area (Å²) in [6.07, 6.45) is 2.98. The number of phenolic OH excluding ortho intramolecular Hbond substituents is 1. The molecule has 0 aliphatic heterocycles. The van der Waals surface area contributed by atoms with Gasteiger partial charge in [0.25, 0.3) is 0 Å². The van der Waals surface area contributed by atoms with Crippen LogP contribution in [0.1, 0.15) is 26.3 Å². The number of aromatic hydroxyl groups is 1. The molecule has 1 rings (SSSR count). The lowest BCUT2D eigenvalue weighted by Crippen LogP contribution is -2.27. The summed E-state index contributed by atoms with van der Waals surface area (Å²) in [6.45, 7) is 5.74. The molecule has 104 valence electrons. The largest absolute Gasteiger partial charge is 0.506 e. The molecule has 19 heavy (non-hydrogen) atoms. The van der Waals surface area contributed by atoms with Crippen molar-refractivity contribution in [1.29, 1.82) is 0 Å². The summed E-state index contributed by atoms with van der Waals surface area (Å²) in [5, 5.41) is 12.2. The van der Waals surface area contributed by atoms with Crippen molar-refractivity contribution >= 4 is 17.9 Å². The van der Waals surface area contributed by atoms with Gasteiger partial charge in [-0.3, -0.25) is 5.32 Å². The monoisotopic (exact) mass is 264 g/mol. The maximum Gasteiger partial charge on any atom is 0.412 e. The Morgan fingerprint density at radius 2 is 2.16 bits per heavy atom. The summed E-state index contributed by atoms with van der Waals surface area (Å²) in [4.78, 5) is 11.6. The number of amides is 1. The molecule has 1 amide bonds. The number of phenols is 1. The third-order valence-electron chi connectivity index (χ3n) is 2.10. The Bertz CT molecular complexity index is 476. The van der Waals surface area contributed by atoms with Crippen molar-refractivity contribution in [2.45, 2.75) is 26.4 Å². The van der Waals surface area contributed by atoms with Crippen LogP contribution in [0.25, 0.3) is 6.08 Å². The summed E-state index contributed by atoms with van der Waals surface area (Å²) in [5.74, 6) is -0.0178. The molecule has 0 unspecified atom stereocenters. The first kappa shape index (κ1) is 15.0. The van der Waals surface area contributed by atoms with Gasteiger partial charge in [0.05, 0.1) is 5.69 Å². The topological polar surface area (TPSA) is 84.6 Å². The standard InChI is InChI=1S/C14H20N2O3/c1-14(2,3)19-13(18)16-11-9-10(5-4-8-15)6-7-12(11)17/h4-7,9,17H,8,15H2,1-3H3,(H,16,18)/b5-4+. The number of ether oxygens (including phenoxy) is 1. The van der Waals surface area contributed by atoms with Crippen LogP contribution >= 0.6 is 0 Å². The van der Waals surface area contributed by atoms with Gasteiger partial charge in [-0.2, -0.15) is 0 Å². The van der Waals surface area contributed by atoms with E-state index in [1.54, 1.807) is 45.1 Å². The van der Waals surface area contributed by atoms with Crippen molar-refractivity contribution in [2.24, 2.45) is 5.73 Å². The summed E-state index contributed by atoms with van der Waals surface area (Å²) >= 11 is 0. The molecule has 1 aromatic rings. The van der Waals surface area contributed by atoms with Gasteiger partial charge in [-0.1, -0.05) is 18.2 Å². The van der Waals surface area contributed by atoms with Crippen LogP contribution in [0.4, 0.5) is 10.5 Å². The van der Waals surface area contributed by atoms with Crippen LogP contribution in [-0.2, 0) is 4.74 Å². The average molecular weight is 264 g/mol. The molecular weight excluding hydrogens is 244 g/mol. The van der Waals surface area contributed by atoms with E-state index >= 15 is 0 Å². The van der Waals surface area contributed by atoms with Gasteiger partial charge in [-0.15, -0.1) is 0 Å². The second kappa shape index (κ2) is 6.24. The summed E-state index contributed by atoms with van der Waals surface area (Å²) in [5.41, 5.74) is 5.91. The molecule has 4 N–H and O–H groups in total. The minimum absolute atomic E-state index is 0.0178. The fraction of sp³-hybridized carbons (Fsp3) is 0.357. The Morgan fingerprint density at radius 3 is 2.74 bits per heavy atom. The number of carbonyl (C=O) groups is 1. The highest BCUT2D eigenvalue weighted by Gasteiger charge is 2.17. The van der Waals surface area contributed by atoms with Crippen LogP contribution in [0, 0.1) is 0 Å². The molecule has 0 saturated heterocycles. The first-order valence-electron chi connectivity index (χ1n) is 6.01. The quantitative estimate of drug-likeness (QED) is 0.733. The zero-order valence-electron chi connectivity index (χ0n) is 11.4. The molecule has 0 spiro atoms. The van der Waals surface area contributed by atoms with E-state index in [0.29, 0.717) is 12.2 Å². The molecule has 5 heteroatoms. The van der Waals surface area contributed by atoms with Crippen LogP contribution in [0.15, 0.2) is 24.3 Å². The molecule has 0 bridgehead atoms. The van der Waals surface area contributed by atoms with Gasteiger partial charge in [0, 0.05) is 6.54 Å². The van der Waals surface area contributed by atoms with Crippen LogP contribution in [0.3, 0.4) is 0 Å². The van der Waals surface area contributed by atoms with Crippen molar-refractivity contribution in [1.82, 2.24) is 0 Å². The Morgan fingerprint density at radius 1 is 1.47 bits per heavy atom. The number of carbonyl (C=O) groups excluding carboxylic acids is 1. The number of rotatable bonds is 3. The minimum Gasteiger partial charge on any atom is -0.506 e. The molecule has 0 aliphatic rings. The van der Waals surface area contributed by atoms with E-state index in [4.69, 9.17) is 10.5 Å². The zero-order valence-corrected chi connectivity index (χ0v) is 11.4. The first-order valence-corrected chi connectivity index (χ1v) is 6.01. The minimum atomic E-state index is -0.609. The summed E-state index contributed by atoms with van der Waals surface area (Å²) < 4.78 is 5.12. The van der Waals surface area contributed by atoms with E-state index in [1.807, 2.05) is 0 Å². The van der Waals surface area contributed by atoms with Crippen molar-refractivity contribution in [3.05, 3.63) is 29.8 Å². The molecule has 5 nitrogen and oxygen atoms in total. The van der Waals surface area contributed by atoms with Gasteiger partial charge in [0.2, 0.25) is 0 Å². The Hall–Kier alpha value is -2.01. The van der Waals surface area contributed by atoms with Gasteiger partial charge in [-0.05, 0) is 38.5 Å². The lowest BCUT2D eigenvalue weighted by atomic mass is 10.1. The third kappa shape index (κ3) is 5.44. The molecule has 0 radical (unpaired) electrons. The Kier molecular flexibility index (Phi) is 4.94. The first-order chi connectivity index (χ1) is 8.81. The third-order valence-corrected chi connectivity index (χ3v) is 2.10. The van der Waals surface area contributed by atoms with Gasteiger partial charge in [0.15, 0.2) is 0 Å². The lowest BCUT2D eigenvalue weighted by molar-refractivity contribution is 0.0635. The number of nitrogens with two attached hydrogens (primary N) is 1. The summed E-state index contributed by atoms with van der Waals surface area (Å²) in [7, 11) is 0. The molecule has 0 aliphatic carbocycles. The smallest absolute Gasteiger partial charge is 0.412 e. The van der Waals surface area contributed by atoms with Crippen LogP contribution in [0.5, 0.6) is 5.75 Å².